The van der Waals surface area contributed by atoms with Gasteiger partial charge in [0.25, 0.3) is 5.91 Å². The van der Waals surface area contributed by atoms with E-state index in [1.54, 1.807) is 0 Å². The van der Waals surface area contributed by atoms with Crippen LogP contribution in [0.4, 0.5) is 0 Å². The van der Waals surface area contributed by atoms with Crippen LogP contribution in [-0.4, -0.2) is 10.9 Å². The number of fused-ring (bicyclic) bond motifs is 2. The first-order valence-corrected chi connectivity index (χ1v) is 7.25. The van der Waals surface area contributed by atoms with Gasteiger partial charge in [0.2, 0.25) is 0 Å². The number of benzene rings is 2. The van der Waals surface area contributed by atoms with Gasteiger partial charge in [-0.1, -0.05) is 43.3 Å². The molecule has 0 fully saturated rings. The van der Waals surface area contributed by atoms with Crippen LogP contribution in [0.15, 0.2) is 54.7 Å². The minimum Gasteiger partial charge on any atom is -0.361 e. The first-order chi connectivity index (χ1) is 10.3. The number of hydrogen-bond donors (Lipinski definition) is 2. The van der Waals surface area contributed by atoms with E-state index in [1.165, 1.54) is 0 Å². The number of nitrogens with one attached hydrogen (secondary N) is 2. The number of rotatable bonds is 2. The highest BCUT2D eigenvalue weighted by atomic mass is 16.2. The monoisotopic (exact) mass is 276 g/mol. The average Bonchev–Trinajstić information content (AvgIpc) is 3.08. The highest BCUT2D eigenvalue weighted by Gasteiger charge is 2.43. The normalized spacial score (nSPS) is 20.5. The van der Waals surface area contributed by atoms with Crippen molar-refractivity contribution in [2.24, 2.45) is 0 Å². The standard InChI is InChI=1S/C18H16N2O/c1-2-18(14-9-5-3-8-13(14)17(21)20-18)15-11-19-16-10-6-4-7-12(15)16/h3-11,19H,2H2,1H3,(H,20,21). The zero-order chi connectivity index (χ0) is 14.4. The molecule has 0 aliphatic carbocycles. The Hall–Kier alpha value is -2.55. The van der Waals surface area contributed by atoms with Crippen molar-refractivity contribution in [3.8, 4) is 0 Å². The third-order valence-electron chi connectivity index (χ3n) is 4.54. The van der Waals surface area contributed by atoms with Gasteiger partial charge >= 0.3 is 0 Å². The molecule has 2 N–H and O–H groups in total. The molecular formula is C18H16N2O. The molecule has 1 unspecified atom stereocenters. The number of H-pyrrole nitrogens is 1. The van der Waals surface area contributed by atoms with E-state index < -0.39 is 5.54 Å². The molecule has 0 saturated heterocycles. The molecule has 2 heterocycles. The van der Waals surface area contributed by atoms with Crippen LogP contribution in [0.2, 0.25) is 0 Å². The van der Waals surface area contributed by atoms with Gasteiger partial charge in [-0.2, -0.15) is 0 Å². The lowest BCUT2D eigenvalue weighted by molar-refractivity contribution is 0.0939. The maximum atomic E-state index is 12.3. The zero-order valence-electron chi connectivity index (χ0n) is 11.8. The molecule has 0 spiro atoms. The van der Waals surface area contributed by atoms with Crippen molar-refractivity contribution in [3.63, 3.8) is 0 Å². The van der Waals surface area contributed by atoms with E-state index in [2.05, 4.69) is 35.4 Å². The van der Waals surface area contributed by atoms with Gasteiger partial charge in [-0.25, -0.2) is 0 Å². The SMILES string of the molecule is CCC1(c2c[nH]c3ccccc23)NC(=O)c2ccccc21. The van der Waals surface area contributed by atoms with Gasteiger partial charge in [-0.15, -0.1) is 0 Å². The van der Waals surface area contributed by atoms with Crippen molar-refractivity contribution in [3.05, 3.63) is 71.4 Å². The minimum absolute atomic E-state index is 0.0118. The molecule has 1 amide bonds. The number of carbonyl (C=O) groups is 1. The summed E-state index contributed by atoms with van der Waals surface area (Å²) in [5.74, 6) is 0.0118. The van der Waals surface area contributed by atoms with Crippen LogP contribution in [0.1, 0.15) is 34.8 Å². The lowest BCUT2D eigenvalue weighted by Gasteiger charge is -2.29. The summed E-state index contributed by atoms with van der Waals surface area (Å²) in [5.41, 5.74) is 3.65. The Bertz CT molecular complexity index is 849. The second kappa shape index (κ2) is 4.22. The van der Waals surface area contributed by atoms with Gasteiger partial charge in [0.1, 0.15) is 0 Å². The molecule has 3 nitrogen and oxygen atoms in total. The predicted molar refractivity (Wildman–Crippen MR) is 83.3 cm³/mol. The summed E-state index contributed by atoms with van der Waals surface area (Å²) >= 11 is 0. The maximum Gasteiger partial charge on any atom is 0.252 e. The van der Waals surface area contributed by atoms with E-state index in [1.807, 2.05) is 36.5 Å². The Balaban J connectivity index is 2.03. The molecule has 0 bridgehead atoms. The van der Waals surface area contributed by atoms with Crippen LogP contribution in [0.25, 0.3) is 10.9 Å². The third kappa shape index (κ3) is 1.51. The summed E-state index contributed by atoms with van der Waals surface area (Å²) in [5, 5.41) is 4.38. The predicted octanol–water partition coefficient (Wildman–Crippen LogP) is 3.56. The van der Waals surface area contributed by atoms with Crippen molar-refractivity contribution in [1.82, 2.24) is 10.3 Å². The van der Waals surface area contributed by atoms with Crippen LogP contribution in [-0.2, 0) is 5.54 Å². The van der Waals surface area contributed by atoms with Crippen molar-refractivity contribution < 1.29 is 4.79 Å². The van der Waals surface area contributed by atoms with Gasteiger partial charge in [0.15, 0.2) is 0 Å². The van der Waals surface area contributed by atoms with Crippen molar-refractivity contribution >= 4 is 16.8 Å². The van der Waals surface area contributed by atoms with Crippen molar-refractivity contribution in [1.29, 1.82) is 0 Å². The van der Waals surface area contributed by atoms with Gasteiger partial charge in [0, 0.05) is 28.2 Å². The van der Waals surface area contributed by atoms with E-state index in [0.717, 1.165) is 34.0 Å². The summed E-state index contributed by atoms with van der Waals surface area (Å²) in [6.07, 6.45) is 2.84. The Morgan fingerprint density at radius 2 is 1.76 bits per heavy atom. The smallest absolute Gasteiger partial charge is 0.252 e. The topological polar surface area (TPSA) is 44.9 Å². The van der Waals surface area contributed by atoms with Crippen LogP contribution >= 0.6 is 0 Å². The number of para-hydroxylation sites is 1. The highest BCUT2D eigenvalue weighted by molar-refractivity contribution is 6.02. The lowest BCUT2D eigenvalue weighted by atomic mass is 9.81. The molecule has 1 aliphatic heterocycles. The molecule has 1 aliphatic rings. The second-order valence-corrected chi connectivity index (χ2v) is 5.51. The summed E-state index contributed by atoms with van der Waals surface area (Å²) in [7, 11) is 0. The molecule has 0 radical (unpaired) electrons. The van der Waals surface area contributed by atoms with E-state index >= 15 is 0 Å². The highest BCUT2D eigenvalue weighted by Crippen LogP contribution is 2.42. The van der Waals surface area contributed by atoms with Gasteiger partial charge in [-0.05, 0) is 24.1 Å². The fraction of sp³-hybridized carbons (Fsp3) is 0.167. The van der Waals surface area contributed by atoms with Crippen LogP contribution in [0.3, 0.4) is 0 Å². The largest absolute Gasteiger partial charge is 0.361 e. The number of hydrogen-bond acceptors (Lipinski definition) is 1. The van der Waals surface area contributed by atoms with E-state index in [0.29, 0.717) is 0 Å². The molecule has 2 aromatic carbocycles. The minimum atomic E-state index is -0.437. The lowest BCUT2D eigenvalue weighted by Crippen LogP contribution is -2.39. The molecule has 104 valence electrons. The number of amides is 1. The summed E-state index contributed by atoms with van der Waals surface area (Å²) in [6, 6.07) is 16.1. The van der Waals surface area contributed by atoms with Crippen LogP contribution in [0, 0.1) is 0 Å². The summed E-state index contributed by atoms with van der Waals surface area (Å²) in [4.78, 5) is 15.7. The van der Waals surface area contributed by atoms with Crippen LogP contribution < -0.4 is 5.32 Å². The molecule has 1 aromatic heterocycles. The number of aromatic nitrogens is 1. The molecule has 4 rings (SSSR count). The number of carbonyl (C=O) groups excluding carboxylic acids is 1. The van der Waals surface area contributed by atoms with Crippen molar-refractivity contribution in [2.45, 2.75) is 18.9 Å². The third-order valence-corrected chi connectivity index (χ3v) is 4.54. The molecule has 3 heteroatoms. The Labute approximate surface area is 123 Å². The number of aromatic amines is 1. The first kappa shape index (κ1) is 12.2. The molecule has 3 aromatic rings. The van der Waals surface area contributed by atoms with Gasteiger partial charge in [0.05, 0.1) is 5.54 Å². The molecule has 21 heavy (non-hydrogen) atoms. The maximum absolute atomic E-state index is 12.3. The van der Waals surface area contributed by atoms with E-state index in [9.17, 15) is 4.79 Å². The van der Waals surface area contributed by atoms with Crippen molar-refractivity contribution in [2.75, 3.05) is 0 Å². The zero-order valence-corrected chi connectivity index (χ0v) is 11.8. The fourth-order valence-corrected chi connectivity index (χ4v) is 3.49. The molecule has 0 saturated carbocycles. The second-order valence-electron chi connectivity index (χ2n) is 5.51. The Kier molecular flexibility index (Phi) is 2.45. The summed E-state index contributed by atoms with van der Waals surface area (Å²) < 4.78 is 0. The van der Waals surface area contributed by atoms with Crippen LogP contribution in [0.5, 0.6) is 0 Å². The van der Waals surface area contributed by atoms with Gasteiger partial charge in [-0.3, -0.25) is 4.79 Å². The fourth-order valence-electron chi connectivity index (χ4n) is 3.49. The van der Waals surface area contributed by atoms with Gasteiger partial charge < -0.3 is 10.3 Å². The van der Waals surface area contributed by atoms with E-state index in [-0.39, 0.29) is 5.91 Å². The quantitative estimate of drug-likeness (QED) is 0.738. The average molecular weight is 276 g/mol. The molecular weight excluding hydrogens is 260 g/mol. The first-order valence-electron chi connectivity index (χ1n) is 7.25. The molecule has 1 atom stereocenters. The Morgan fingerprint density at radius 3 is 2.62 bits per heavy atom. The van der Waals surface area contributed by atoms with E-state index in [4.69, 9.17) is 0 Å². The Morgan fingerprint density at radius 1 is 1.00 bits per heavy atom. The summed E-state index contributed by atoms with van der Waals surface area (Å²) in [6.45, 7) is 2.12.